The second-order valence-electron chi connectivity index (χ2n) is 4.67. The van der Waals surface area contributed by atoms with Crippen molar-refractivity contribution in [1.82, 2.24) is 5.32 Å². The van der Waals surface area contributed by atoms with Gasteiger partial charge in [0.1, 0.15) is 17.8 Å². The number of ether oxygens (including phenoxy) is 2. The fourth-order valence-electron chi connectivity index (χ4n) is 2.58. The predicted molar refractivity (Wildman–Crippen MR) is 69.1 cm³/mol. The van der Waals surface area contributed by atoms with Crippen molar-refractivity contribution in [3.05, 3.63) is 23.8 Å². The standard InChI is InChI=1S/C14H19NO3/c1-9-7-10(15-11(9)8-16)14-12(17-2)5-4-6-13(14)18-3/h4-6,8-11,15H,7H2,1-3H3. The predicted octanol–water partition coefficient (Wildman–Crippen LogP) is 1.94. The van der Waals surface area contributed by atoms with Gasteiger partial charge in [-0.05, 0) is 24.5 Å². The number of benzene rings is 1. The molecule has 0 aromatic heterocycles. The first-order chi connectivity index (χ1) is 8.71. The average Bonchev–Trinajstić information content (AvgIpc) is 2.78. The van der Waals surface area contributed by atoms with Crippen LogP contribution in [0.15, 0.2) is 18.2 Å². The Balaban J connectivity index is 2.35. The van der Waals surface area contributed by atoms with Crippen LogP contribution in [0.5, 0.6) is 11.5 Å². The van der Waals surface area contributed by atoms with Gasteiger partial charge in [-0.15, -0.1) is 0 Å². The first-order valence-electron chi connectivity index (χ1n) is 6.13. The largest absolute Gasteiger partial charge is 0.496 e. The van der Waals surface area contributed by atoms with Crippen LogP contribution in [0.2, 0.25) is 0 Å². The van der Waals surface area contributed by atoms with Crippen molar-refractivity contribution >= 4 is 6.29 Å². The Bertz CT molecular complexity index is 411. The third-order valence-electron chi connectivity index (χ3n) is 3.58. The summed E-state index contributed by atoms with van der Waals surface area (Å²) >= 11 is 0. The molecule has 1 fully saturated rings. The molecule has 1 aromatic carbocycles. The molecule has 98 valence electrons. The lowest BCUT2D eigenvalue weighted by Gasteiger charge is -2.18. The second kappa shape index (κ2) is 5.40. The SMILES string of the molecule is COc1cccc(OC)c1C1CC(C)C(C=O)N1. The van der Waals surface area contributed by atoms with Gasteiger partial charge in [-0.25, -0.2) is 0 Å². The normalized spacial score (nSPS) is 26.9. The van der Waals surface area contributed by atoms with Crippen LogP contribution in [0.1, 0.15) is 24.9 Å². The lowest BCUT2D eigenvalue weighted by molar-refractivity contribution is -0.109. The zero-order valence-corrected chi connectivity index (χ0v) is 11.0. The smallest absolute Gasteiger partial charge is 0.137 e. The van der Waals surface area contributed by atoms with E-state index in [0.717, 1.165) is 29.8 Å². The van der Waals surface area contributed by atoms with Crippen LogP contribution in [0.25, 0.3) is 0 Å². The highest BCUT2D eigenvalue weighted by molar-refractivity contribution is 5.60. The van der Waals surface area contributed by atoms with Crippen molar-refractivity contribution in [2.24, 2.45) is 5.92 Å². The summed E-state index contributed by atoms with van der Waals surface area (Å²) in [4.78, 5) is 11.0. The molecule has 0 aliphatic carbocycles. The van der Waals surface area contributed by atoms with E-state index in [0.29, 0.717) is 5.92 Å². The lowest BCUT2D eigenvalue weighted by atomic mass is 9.97. The zero-order chi connectivity index (χ0) is 13.1. The first-order valence-corrected chi connectivity index (χ1v) is 6.13. The molecule has 1 aliphatic heterocycles. The third-order valence-corrected chi connectivity index (χ3v) is 3.58. The molecule has 18 heavy (non-hydrogen) atoms. The van der Waals surface area contributed by atoms with Crippen LogP contribution in [0.4, 0.5) is 0 Å². The van der Waals surface area contributed by atoms with Crippen LogP contribution >= 0.6 is 0 Å². The number of hydrogen-bond donors (Lipinski definition) is 1. The summed E-state index contributed by atoms with van der Waals surface area (Å²) in [7, 11) is 3.29. The minimum Gasteiger partial charge on any atom is -0.496 e. The van der Waals surface area contributed by atoms with E-state index >= 15 is 0 Å². The highest BCUT2D eigenvalue weighted by atomic mass is 16.5. The number of carbonyl (C=O) groups is 1. The van der Waals surface area contributed by atoms with Gasteiger partial charge in [0.25, 0.3) is 0 Å². The van der Waals surface area contributed by atoms with Gasteiger partial charge in [0, 0.05) is 6.04 Å². The van der Waals surface area contributed by atoms with Crippen molar-refractivity contribution in [3.63, 3.8) is 0 Å². The zero-order valence-electron chi connectivity index (χ0n) is 11.0. The summed E-state index contributed by atoms with van der Waals surface area (Å²) < 4.78 is 10.8. The molecule has 1 aliphatic rings. The lowest BCUT2D eigenvalue weighted by Crippen LogP contribution is -2.28. The van der Waals surface area contributed by atoms with Crippen molar-refractivity contribution in [3.8, 4) is 11.5 Å². The summed E-state index contributed by atoms with van der Waals surface area (Å²) in [5.74, 6) is 1.92. The van der Waals surface area contributed by atoms with Crippen LogP contribution in [0.3, 0.4) is 0 Å². The van der Waals surface area contributed by atoms with Gasteiger partial charge in [-0.2, -0.15) is 0 Å². The van der Waals surface area contributed by atoms with E-state index in [1.807, 2.05) is 18.2 Å². The van der Waals surface area contributed by atoms with Gasteiger partial charge in [0.05, 0.1) is 25.8 Å². The summed E-state index contributed by atoms with van der Waals surface area (Å²) in [5, 5.41) is 3.33. The summed E-state index contributed by atoms with van der Waals surface area (Å²) in [6, 6.07) is 5.74. The van der Waals surface area contributed by atoms with Gasteiger partial charge in [-0.3, -0.25) is 0 Å². The maximum Gasteiger partial charge on any atom is 0.137 e. The molecular weight excluding hydrogens is 230 g/mol. The van der Waals surface area contributed by atoms with E-state index in [2.05, 4.69) is 12.2 Å². The number of rotatable bonds is 4. The van der Waals surface area contributed by atoms with Crippen molar-refractivity contribution in [2.45, 2.75) is 25.4 Å². The van der Waals surface area contributed by atoms with Crippen LogP contribution < -0.4 is 14.8 Å². The molecule has 4 nitrogen and oxygen atoms in total. The fourth-order valence-corrected chi connectivity index (χ4v) is 2.58. The minimum atomic E-state index is -0.0929. The quantitative estimate of drug-likeness (QED) is 0.828. The summed E-state index contributed by atoms with van der Waals surface area (Å²) in [6.45, 7) is 2.08. The molecule has 2 rings (SSSR count). The number of methoxy groups -OCH3 is 2. The van der Waals surface area contributed by atoms with E-state index in [-0.39, 0.29) is 12.1 Å². The Morgan fingerprint density at radius 2 is 1.89 bits per heavy atom. The van der Waals surface area contributed by atoms with Crippen molar-refractivity contribution in [1.29, 1.82) is 0 Å². The molecule has 1 saturated heterocycles. The number of nitrogens with one attached hydrogen (secondary N) is 1. The molecule has 0 bridgehead atoms. The molecule has 0 amide bonds. The summed E-state index contributed by atoms with van der Waals surface area (Å²) in [5.41, 5.74) is 0.999. The number of carbonyl (C=O) groups excluding carboxylic acids is 1. The van der Waals surface area contributed by atoms with E-state index in [1.54, 1.807) is 14.2 Å². The maximum absolute atomic E-state index is 11.0. The minimum absolute atomic E-state index is 0.0929. The average molecular weight is 249 g/mol. The number of aldehydes is 1. The topological polar surface area (TPSA) is 47.6 Å². The monoisotopic (exact) mass is 249 g/mol. The highest BCUT2D eigenvalue weighted by Gasteiger charge is 2.34. The van der Waals surface area contributed by atoms with Gasteiger partial charge in [0.15, 0.2) is 0 Å². The van der Waals surface area contributed by atoms with Gasteiger partial charge < -0.3 is 19.6 Å². The van der Waals surface area contributed by atoms with Crippen LogP contribution in [0, 0.1) is 5.92 Å². The third kappa shape index (κ3) is 2.20. The first kappa shape index (κ1) is 12.9. The van der Waals surface area contributed by atoms with E-state index < -0.39 is 0 Å². The van der Waals surface area contributed by atoms with Crippen LogP contribution in [-0.2, 0) is 4.79 Å². The molecule has 3 atom stereocenters. The van der Waals surface area contributed by atoms with Crippen LogP contribution in [-0.4, -0.2) is 26.5 Å². The molecule has 1 heterocycles. The number of hydrogen-bond acceptors (Lipinski definition) is 4. The van der Waals surface area contributed by atoms with Crippen molar-refractivity contribution in [2.75, 3.05) is 14.2 Å². The maximum atomic E-state index is 11.0. The molecular formula is C14H19NO3. The second-order valence-corrected chi connectivity index (χ2v) is 4.67. The van der Waals surface area contributed by atoms with Gasteiger partial charge in [0.2, 0.25) is 0 Å². The molecule has 1 aromatic rings. The molecule has 1 N–H and O–H groups in total. The molecule has 3 unspecified atom stereocenters. The van der Waals surface area contributed by atoms with E-state index in [9.17, 15) is 4.79 Å². The molecule has 4 heteroatoms. The van der Waals surface area contributed by atoms with Gasteiger partial charge >= 0.3 is 0 Å². The Kier molecular flexibility index (Phi) is 3.87. The molecule has 0 saturated carbocycles. The Hall–Kier alpha value is -1.55. The van der Waals surface area contributed by atoms with E-state index in [4.69, 9.17) is 9.47 Å². The fraction of sp³-hybridized carbons (Fsp3) is 0.500. The Morgan fingerprint density at radius 1 is 1.28 bits per heavy atom. The molecule has 0 radical (unpaired) electrons. The molecule has 0 spiro atoms. The highest BCUT2D eigenvalue weighted by Crippen LogP contribution is 2.40. The van der Waals surface area contributed by atoms with Crippen molar-refractivity contribution < 1.29 is 14.3 Å². The van der Waals surface area contributed by atoms with Gasteiger partial charge in [-0.1, -0.05) is 13.0 Å². The Labute approximate surface area is 107 Å². The van der Waals surface area contributed by atoms with E-state index in [1.165, 1.54) is 0 Å². The summed E-state index contributed by atoms with van der Waals surface area (Å²) in [6.07, 6.45) is 1.88. The Morgan fingerprint density at radius 3 is 2.33 bits per heavy atom.